The molecular formula is C13H15F5N2. The molecule has 0 saturated carbocycles. The molecule has 0 amide bonds. The van der Waals surface area contributed by atoms with E-state index in [1.165, 1.54) is 0 Å². The van der Waals surface area contributed by atoms with Gasteiger partial charge >= 0.3 is 6.18 Å². The van der Waals surface area contributed by atoms with E-state index in [0.29, 0.717) is 32.2 Å². The fourth-order valence-corrected chi connectivity index (χ4v) is 2.44. The number of nitrogens with zero attached hydrogens (tertiary/aromatic N) is 1. The van der Waals surface area contributed by atoms with Crippen molar-refractivity contribution in [2.45, 2.75) is 12.2 Å². The van der Waals surface area contributed by atoms with Crippen LogP contribution in [0.15, 0.2) is 18.2 Å². The van der Waals surface area contributed by atoms with Crippen molar-refractivity contribution < 1.29 is 22.0 Å². The molecule has 2 nitrogen and oxygen atoms in total. The zero-order chi connectivity index (χ0) is 14.8. The first kappa shape index (κ1) is 15.2. The van der Waals surface area contributed by atoms with Crippen LogP contribution in [0.4, 0.5) is 22.0 Å². The van der Waals surface area contributed by atoms with Crippen molar-refractivity contribution in [3.8, 4) is 0 Å². The molecular weight excluding hydrogens is 279 g/mol. The second-order valence-electron chi connectivity index (χ2n) is 4.69. The molecule has 0 radical (unpaired) electrons. The van der Waals surface area contributed by atoms with Crippen LogP contribution in [0.1, 0.15) is 17.2 Å². The van der Waals surface area contributed by atoms with E-state index in [9.17, 15) is 22.0 Å². The molecule has 1 N–H and O–H groups in total. The highest BCUT2D eigenvalue weighted by Gasteiger charge is 2.37. The highest BCUT2D eigenvalue weighted by Crippen LogP contribution is 2.37. The van der Waals surface area contributed by atoms with Gasteiger partial charge in [-0.05, 0) is 17.7 Å². The average Bonchev–Trinajstić information content (AvgIpc) is 2.41. The van der Waals surface area contributed by atoms with Gasteiger partial charge in [-0.25, -0.2) is 8.78 Å². The predicted octanol–water partition coefficient (Wildman–Crippen LogP) is 2.76. The van der Waals surface area contributed by atoms with E-state index in [1.807, 2.05) is 0 Å². The van der Waals surface area contributed by atoms with Gasteiger partial charge in [-0.3, -0.25) is 4.90 Å². The molecule has 0 aliphatic carbocycles. The van der Waals surface area contributed by atoms with Crippen LogP contribution < -0.4 is 5.32 Å². The standard InChI is InChI=1S/C13H15F5N2/c14-8-12(20-5-3-19-4-6-20)10-2-1-9(15)7-11(10)13(16,17)18/h1-2,7,12,19H,3-6,8H2/t12-/m0/s1. The highest BCUT2D eigenvalue weighted by molar-refractivity contribution is 5.33. The van der Waals surface area contributed by atoms with Gasteiger partial charge in [0.2, 0.25) is 0 Å². The highest BCUT2D eigenvalue weighted by atomic mass is 19.4. The van der Waals surface area contributed by atoms with Gasteiger partial charge in [0.05, 0.1) is 11.6 Å². The molecule has 7 heteroatoms. The van der Waals surface area contributed by atoms with Crippen LogP contribution in [0.3, 0.4) is 0 Å². The largest absolute Gasteiger partial charge is 0.416 e. The summed E-state index contributed by atoms with van der Waals surface area (Å²) in [5, 5.41) is 3.05. The minimum Gasteiger partial charge on any atom is -0.314 e. The van der Waals surface area contributed by atoms with Crippen molar-refractivity contribution in [2.75, 3.05) is 32.9 Å². The van der Waals surface area contributed by atoms with Gasteiger partial charge in [-0.2, -0.15) is 13.2 Å². The topological polar surface area (TPSA) is 15.3 Å². The summed E-state index contributed by atoms with van der Waals surface area (Å²) in [6, 6.07) is 1.41. The fourth-order valence-electron chi connectivity index (χ4n) is 2.44. The third-order valence-electron chi connectivity index (χ3n) is 3.42. The Kier molecular flexibility index (Phi) is 4.59. The van der Waals surface area contributed by atoms with Crippen LogP contribution in [0.25, 0.3) is 0 Å². The Hall–Kier alpha value is -1.21. The smallest absolute Gasteiger partial charge is 0.314 e. The fraction of sp³-hybridized carbons (Fsp3) is 0.538. The monoisotopic (exact) mass is 294 g/mol. The SMILES string of the molecule is FC[C@@H](c1ccc(F)cc1C(F)(F)F)N1CCNCC1. The molecule has 1 aliphatic heterocycles. The summed E-state index contributed by atoms with van der Waals surface area (Å²) < 4.78 is 65.3. The summed E-state index contributed by atoms with van der Waals surface area (Å²) in [7, 11) is 0. The number of nitrogens with one attached hydrogen (secondary N) is 1. The normalized spacial score (nSPS) is 19.1. The van der Waals surface area contributed by atoms with E-state index >= 15 is 0 Å². The molecule has 1 heterocycles. The zero-order valence-corrected chi connectivity index (χ0v) is 10.7. The van der Waals surface area contributed by atoms with E-state index in [1.54, 1.807) is 4.90 Å². The summed E-state index contributed by atoms with van der Waals surface area (Å²) in [4.78, 5) is 1.65. The lowest BCUT2D eigenvalue weighted by Crippen LogP contribution is -2.46. The quantitative estimate of drug-likeness (QED) is 0.862. The molecule has 0 aromatic heterocycles. The maximum atomic E-state index is 13.3. The Labute approximate surface area is 113 Å². The Morgan fingerprint density at radius 3 is 2.40 bits per heavy atom. The molecule has 0 bridgehead atoms. The number of piperazine rings is 1. The summed E-state index contributed by atoms with van der Waals surface area (Å²) in [5.74, 6) is -0.973. The van der Waals surface area contributed by atoms with E-state index in [-0.39, 0.29) is 5.56 Å². The first-order chi connectivity index (χ1) is 9.43. The second-order valence-corrected chi connectivity index (χ2v) is 4.69. The van der Waals surface area contributed by atoms with Crippen molar-refractivity contribution in [2.24, 2.45) is 0 Å². The molecule has 1 atom stereocenters. The molecule has 2 rings (SSSR count). The molecule has 112 valence electrons. The van der Waals surface area contributed by atoms with Gasteiger partial charge < -0.3 is 5.32 Å². The maximum Gasteiger partial charge on any atom is 0.416 e. The van der Waals surface area contributed by atoms with Crippen molar-refractivity contribution in [1.29, 1.82) is 0 Å². The van der Waals surface area contributed by atoms with Crippen LogP contribution in [0.5, 0.6) is 0 Å². The van der Waals surface area contributed by atoms with Gasteiger partial charge in [-0.1, -0.05) is 6.07 Å². The van der Waals surface area contributed by atoms with Crippen molar-refractivity contribution in [3.63, 3.8) is 0 Å². The van der Waals surface area contributed by atoms with Crippen LogP contribution in [0.2, 0.25) is 0 Å². The van der Waals surface area contributed by atoms with Crippen LogP contribution >= 0.6 is 0 Å². The van der Waals surface area contributed by atoms with E-state index in [4.69, 9.17) is 0 Å². The maximum absolute atomic E-state index is 13.3. The lowest BCUT2D eigenvalue weighted by molar-refractivity contribution is -0.139. The minimum absolute atomic E-state index is 0.205. The first-order valence-corrected chi connectivity index (χ1v) is 6.31. The zero-order valence-electron chi connectivity index (χ0n) is 10.7. The number of rotatable bonds is 3. The van der Waals surface area contributed by atoms with Crippen LogP contribution in [-0.2, 0) is 6.18 Å². The molecule has 1 aromatic carbocycles. The summed E-state index contributed by atoms with van der Waals surface area (Å²) >= 11 is 0. The van der Waals surface area contributed by atoms with Gasteiger partial charge in [-0.15, -0.1) is 0 Å². The van der Waals surface area contributed by atoms with Crippen molar-refractivity contribution >= 4 is 0 Å². The van der Waals surface area contributed by atoms with Crippen molar-refractivity contribution in [1.82, 2.24) is 10.2 Å². The minimum atomic E-state index is -4.70. The summed E-state index contributed by atoms with van der Waals surface area (Å²) in [5.41, 5.74) is -1.30. The first-order valence-electron chi connectivity index (χ1n) is 6.31. The molecule has 0 unspecified atom stereocenters. The van der Waals surface area contributed by atoms with E-state index in [2.05, 4.69) is 5.32 Å². The van der Waals surface area contributed by atoms with Crippen LogP contribution in [-0.4, -0.2) is 37.8 Å². The molecule has 0 spiro atoms. The Bertz CT molecular complexity index is 455. The third kappa shape index (κ3) is 3.27. The number of hydrogen-bond donors (Lipinski definition) is 1. The predicted molar refractivity (Wildman–Crippen MR) is 64.6 cm³/mol. The lowest BCUT2D eigenvalue weighted by Gasteiger charge is -2.34. The third-order valence-corrected chi connectivity index (χ3v) is 3.42. The molecule has 20 heavy (non-hydrogen) atoms. The van der Waals surface area contributed by atoms with Crippen LogP contribution in [0, 0.1) is 5.82 Å². The summed E-state index contributed by atoms with van der Waals surface area (Å²) in [6.07, 6.45) is -4.70. The number of alkyl halides is 4. The Morgan fingerprint density at radius 2 is 1.85 bits per heavy atom. The lowest BCUT2D eigenvalue weighted by atomic mass is 9.98. The van der Waals surface area contributed by atoms with E-state index in [0.717, 1.165) is 12.1 Å². The Morgan fingerprint density at radius 1 is 1.20 bits per heavy atom. The van der Waals surface area contributed by atoms with Gasteiger partial charge in [0.15, 0.2) is 0 Å². The molecule has 1 saturated heterocycles. The van der Waals surface area contributed by atoms with Gasteiger partial charge in [0.25, 0.3) is 0 Å². The van der Waals surface area contributed by atoms with Gasteiger partial charge in [0, 0.05) is 26.2 Å². The number of benzene rings is 1. The molecule has 1 aliphatic rings. The Balaban J connectivity index is 2.38. The van der Waals surface area contributed by atoms with Crippen molar-refractivity contribution in [3.05, 3.63) is 35.1 Å². The molecule has 1 fully saturated rings. The second kappa shape index (κ2) is 6.05. The number of hydrogen-bond acceptors (Lipinski definition) is 2. The summed E-state index contributed by atoms with van der Waals surface area (Å²) in [6.45, 7) is 1.18. The number of halogens is 5. The van der Waals surface area contributed by atoms with Gasteiger partial charge in [0.1, 0.15) is 12.5 Å². The van der Waals surface area contributed by atoms with E-state index < -0.39 is 30.3 Å². The average molecular weight is 294 g/mol. The molecule has 1 aromatic rings.